The fourth-order valence-corrected chi connectivity index (χ4v) is 9.26. The lowest BCUT2D eigenvalue weighted by Gasteiger charge is -2.23. The quantitative estimate of drug-likeness (QED) is 0.0118. The van der Waals surface area contributed by atoms with Crippen LogP contribution in [0.4, 0.5) is 24.0 Å². The van der Waals surface area contributed by atoms with Crippen molar-refractivity contribution in [2.75, 3.05) is 60.8 Å². The lowest BCUT2D eigenvalue weighted by molar-refractivity contribution is -0.154. The third kappa shape index (κ3) is 67.7. The first-order chi connectivity index (χ1) is 60.3. The van der Waals surface area contributed by atoms with Gasteiger partial charge in [0.1, 0.15) is 70.1 Å². The van der Waals surface area contributed by atoms with Crippen molar-refractivity contribution in [3.05, 3.63) is 225 Å². The zero-order valence-corrected chi connectivity index (χ0v) is 75.7. The maximum atomic E-state index is 12.2. The zero-order chi connectivity index (χ0) is 93.3. The van der Waals surface area contributed by atoms with Crippen molar-refractivity contribution < 1.29 is 133 Å². The molecule has 7 aromatic carbocycles. The van der Waals surface area contributed by atoms with E-state index in [0.29, 0.717) is 66.1 Å². The highest BCUT2D eigenvalue weighted by Gasteiger charge is 2.28. The van der Waals surface area contributed by atoms with E-state index in [1.807, 2.05) is 174 Å². The third-order valence-electron chi connectivity index (χ3n) is 14.9. The van der Waals surface area contributed by atoms with Gasteiger partial charge >= 0.3 is 54.5 Å². The molecular weight excluding hydrogens is 1630 g/mol. The third-order valence-corrected chi connectivity index (χ3v) is 14.9. The Labute approximate surface area is 743 Å². The van der Waals surface area contributed by atoms with Gasteiger partial charge in [0.25, 0.3) is 0 Å². The topological polar surface area (TPSA) is 353 Å². The van der Waals surface area contributed by atoms with Crippen LogP contribution >= 0.6 is 0 Å². The lowest BCUT2D eigenvalue weighted by Crippen LogP contribution is -2.45. The molecule has 0 aliphatic rings. The minimum Gasteiger partial charge on any atom is -0.457 e. The molecule has 2 unspecified atom stereocenters. The molecule has 7 aromatic rings. The van der Waals surface area contributed by atoms with Gasteiger partial charge in [0, 0.05) is 13.3 Å². The highest BCUT2D eigenvalue weighted by atomic mass is 16.8. The summed E-state index contributed by atoms with van der Waals surface area (Å²) in [6.07, 6.45) is 9.67. The van der Waals surface area contributed by atoms with E-state index in [1.54, 1.807) is 128 Å². The SMILES string of the molecule is C=CCOC(=O)NC(CC(C)C)C(=O)OCOc1ccccc1.CC(=O)OCOc1ccccc1.CC(C)(C)OC(=O)OCOc1ccccc1.CC(C)CC(NC(=O)OC(C)(C)C)C(=O)OCOc1ccccc1.CC(C)OC(=O)OCOc1ccccc1.CCCC(=O)OCOc1ccccc1.CCCCCCCCCCOC(=O)OCOc1ccccc1. The Hall–Kier alpha value is -12.9. The molecule has 0 aliphatic heterocycles. The van der Waals surface area contributed by atoms with Crippen LogP contribution in [-0.2, 0) is 76.0 Å². The second kappa shape index (κ2) is 70.5. The Kier molecular flexibility index (Phi) is 62.2. The number of benzene rings is 7. The van der Waals surface area contributed by atoms with Crippen LogP contribution in [0.2, 0.25) is 0 Å². The molecule has 0 aliphatic carbocycles. The van der Waals surface area contributed by atoms with Gasteiger partial charge < -0.3 is 101 Å². The molecule has 0 saturated heterocycles. The maximum Gasteiger partial charge on any atom is 0.511 e. The smallest absolute Gasteiger partial charge is 0.457 e. The molecule has 126 heavy (non-hydrogen) atoms. The number of esters is 4. The maximum absolute atomic E-state index is 12.2. The van der Waals surface area contributed by atoms with Crippen molar-refractivity contribution in [1.29, 1.82) is 0 Å². The van der Waals surface area contributed by atoms with Gasteiger partial charge in [-0.3, -0.25) is 9.59 Å². The fraction of sp³-hybridized carbons (Fsp3) is 0.448. The molecule has 30 heteroatoms. The van der Waals surface area contributed by atoms with E-state index in [-0.39, 0.29) is 84.0 Å². The number of carbonyl (C=O) groups excluding carboxylic acids is 9. The molecule has 7 rings (SSSR count). The molecule has 2 N–H and O–H groups in total. The first-order valence-corrected chi connectivity index (χ1v) is 41.7. The summed E-state index contributed by atoms with van der Waals surface area (Å²) >= 11 is 0. The van der Waals surface area contributed by atoms with Gasteiger partial charge in [-0.05, 0) is 178 Å². The molecule has 30 nitrogen and oxygen atoms in total. The summed E-state index contributed by atoms with van der Waals surface area (Å²) in [4.78, 5) is 102. The summed E-state index contributed by atoms with van der Waals surface area (Å²) in [5.41, 5.74) is -1.18. The number of ether oxygens (including phenoxy) is 19. The van der Waals surface area contributed by atoms with Crippen LogP contribution in [0.1, 0.15) is 181 Å². The number of rotatable bonds is 43. The van der Waals surface area contributed by atoms with Gasteiger partial charge in [-0.1, -0.05) is 227 Å². The Morgan fingerprint density at radius 2 is 0.643 bits per heavy atom. The number of alkyl carbamates (subject to hydrolysis) is 2. The van der Waals surface area contributed by atoms with Crippen LogP contribution in [0.3, 0.4) is 0 Å². The van der Waals surface area contributed by atoms with Crippen LogP contribution in [0.15, 0.2) is 225 Å². The largest absolute Gasteiger partial charge is 0.511 e. The Morgan fingerprint density at radius 1 is 0.341 bits per heavy atom. The molecule has 0 aromatic heterocycles. The number of hydrogen-bond donors (Lipinski definition) is 2. The zero-order valence-electron chi connectivity index (χ0n) is 75.7. The van der Waals surface area contributed by atoms with Crippen molar-refractivity contribution in [2.24, 2.45) is 11.8 Å². The molecular formula is C96H132N2O28. The Balaban J connectivity index is 0.000000744. The number of para-hydroxylation sites is 7. The molecule has 2 amide bonds. The highest BCUT2D eigenvalue weighted by molar-refractivity contribution is 5.82. The summed E-state index contributed by atoms with van der Waals surface area (Å²) in [6, 6.07) is 62.3. The average Bonchev–Trinajstić information content (AvgIpc) is 0.892. The van der Waals surface area contributed by atoms with Crippen molar-refractivity contribution in [3.8, 4) is 40.2 Å². The van der Waals surface area contributed by atoms with E-state index < -0.39 is 65.9 Å². The van der Waals surface area contributed by atoms with Crippen molar-refractivity contribution in [3.63, 3.8) is 0 Å². The van der Waals surface area contributed by atoms with Crippen LogP contribution < -0.4 is 43.8 Å². The first-order valence-electron chi connectivity index (χ1n) is 41.7. The minimum atomic E-state index is -0.785. The molecule has 0 spiro atoms. The number of nitrogens with one attached hydrogen (secondary N) is 2. The molecule has 0 heterocycles. The summed E-state index contributed by atoms with van der Waals surface area (Å²) < 4.78 is 94.9. The fourth-order valence-electron chi connectivity index (χ4n) is 9.26. The predicted molar refractivity (Wildman–Crippen MR) is 474 cm³/mol. The van der Waals surface area contributed by atoms with Gasteiger partial charge in [0.2, 0.25) is 47.6 Å². The van der Waals surface area contributed by atoms with E-state index >= 15 is 0 Å². The number of carbonyl (C=O) groups is 9. The van der Waals surface area contributed by atoms with Gasteiger partial charge in [-0.2, -0.15) is 0 Å². The monoisotopic (exact) mass is 1760 g/mol. The predicted octanol–water partition coefficient (Wildman–Crippen LogP) is 21.2. The van der Waals surface area contributed by atoms with Crippen LogP contribution in [-0.4, -0.2) is 145 Å². The Bertz CT molecular complexity index is 3970. The van der Waals surface area contributed by atoms with Crippen molar-refractivity contribution >= 4 is 54.5 Å². The van der Waals surface area contributed by atoms with E-state index in [1.165, 1.54) is 51.5 Å². The van der Waals surface area contributed by atoms with E-state index in [4.69, 9.17) is 80.5 Å². The number of amides is 2. The molecule has 694 valence electrons. The second-order valence-electron chi connectivity index (χ2n) is 29.8. The van der Waals surface area contributed by atoms with Crippen molar-refractivity contribution in [1.82, 2.24) is 10.6 Å². The van der Waals surface area contributed by atoms with Crippen molar-refractivity contribution in [2.45, 2.75) is 210 Å². The Morgan fingerprint density at radius 3 is 0.952 bits per heavy atom. The summed E-state index contributed by atoms with van der Waals surface area (Å²) in [7, 11) is 0. The normalized spacial score (nSPS) is 10.7. The molecule has 0 fully saturated rings. The van der Waals surface area contributed by atoms with Gasteiger partial charge in [0.05, 0.1) is 12.7 Å². The standard InChI is InChI=1S/C18H27NO5.C18H28O4.C17H23NO5.C12H16O4.C11H14O4.C11H14O3.C9H10O3/c1-13(2)11-15(19-17(21)24-18(3,4)5)16(20)23-12-22-14-9-7-6-8-10-14;1-2-3-4-5-6-7-8-12-15-20-18(19)22-16-21-17-13-10-9-11-14-17;1-4-10-21-17(20)18-15(11-13(2)3)16(19)23-12-22-14-8-6-5-7-9-14;1-12(2,3)16-11(13)15-9-14-10-7-5-4-6-8-10;1-9(2)15-11(12)14-8-13-10-6-4-3-5-7-10;1-2-6-11(12)14-9-13-10-7-4-3-5-8-10;1-8(10)11-7-12-9-5-3-2-4-6-9/h6-10,13,15H,11-12H2,1-5H3,(H,19,21);9-11,13-14H,2-8,12,15-16H2,1H3;4-9,13,15H,1,10-12H2,2-3H3,(H,18,20);4-8H,9H2,1-3H3;3-7,9H,8H2,1-2H3;3-5,7-8H,2,6,9H2,1H3;2-6H,7H2,1H3. The van der Waals surface area contributed by atoms with E-state index in [0.717, 1.165) is 19.3 Å². The van der Waals surface area contributed by atoms with Crippen LogP contribution in [0.5, 0.6) is 40.2 Å². The number of unbranched alkanes of at least 4 members (excludes halogenated alkanes) is 7. The highest BCUT2D eigenvalue weighted by Crippen LogP contribution is 2.18. The second-order valence-corrected chi connectivity index (χ2v) is 29.8. The molecule has 2 atom stereocenters. The lowest BCUT2D eigenvalue weighted by atomic mass is 10.0. The van der Waals surface area contributed by atoms with Crippen LogP contribution in [0.25, 0.3) is 0 Å². The van der Waals surface area contributed by atoms with E-state index in [2.05, 4.69) is 33.6 Å². The van der Waals surface area contributed by atoms with Gasteiger partial charge in [-0.25, -0.2) is 33.6 Å². The summed E-state index contributed by atoms with van der Waals surface area (Å²) in [5, 5.41) is 5.05. The summed E-state index contributed by atoms with van der Waals surface area (Å²) in [6.45, 7) is 30.4. The average molecular weight is 1760 g/mol. The minimum absolute atomic E-state index is 0.0111. The molecule has 0 radical (unpaired) electrons. The van der Waals surface area contributed by atoms with Crippen LogP contribution in [0, 0.1) is 11.8 Å². The molecule has 0 saturated carbocycles. The van der Waals surface area contributed by atoms with Gasteiger partial charge in [0.15, 0.2) is 0 Å². The van der Waals surface area contributed by atoms with E-state index in [9.17, 15) is 43.2 Å². The first kappa shape index (κ1) is 111. The molecule has 0 bridgehead atoms. The van der Waals surface area contributed by atoms with Gasteiger partial charge in [-0.15, -0.1) is 0 Å². The number of hydrogen-bond acceptors (Lipinski definition) is 28. The summed E-state index contributed by atoms with van der Waals surface area (Å²) in [5.74, 6) is 3.28.